The fraction of sp³-hybridized carbons (Fsp3) is 0.941. The molecule has 0 aliphatic carbocycles. The Morgan fingerprint density at radius 2 is 1.23 bits per heavy atom. The molecule has 0 saturated carbocycles. The van der Waals surface area contributed by atoms with E-state index < -0.39 is 18.3 Å². The second-order valence-electron chi connectivity index (χ2n) is 5.89. The van der Waals surface area contributed by atoms with Crippen molar-refractivity contribution in [2.24, 2.45) is 0 Å². The Kier molecular flexibility index (Phi) is 21.6. The molecule has 0 aliphatic rings. The van der Waals surface area contributed by atoms with E-state index in [0.717, 1.165) is 19.3 Å². The van der Waals surface area contributed by atoms with Gasteiger partial charge in [-0.15, -0.1) is 0 Å². The van der Waals surface area contributed by atoms with Crippen molar-refractivity contribution in [3.05, 3.63) is 0 Å². The Morgan fingerprint density at radius 1 is 0.769 bits per heavy atom. The Morgan fingerprint density at radius 3 is 1.69 bits per heavy atom. The van der Waals surface area contributed by atoms with Crippen molar-refractivity contribution in [1.82, 2.24) is 0 Å². The Hall–Kier alpha value is -0.810. The fourth-order valence-electron chi connectivity index (χ4n) is 1.63. The number of aliphatic hydroxyl groups excluding tert-OH is 6. The number of esters is 1. The summed E-state index contributed by atoms with van der Waals surface area (Å²) in [4.78, 5) is 11.1. The van der Waals surface area contributed by atoms with Crippen molar-refractivity contribution in [3.63, 3.8) is 0 Å². The van der Waals surface area contributed by atoms with Crippen molar-refractivity contribution >= 4 is 5.97 Å². The lowest BCUT2D eigenvalue weighted by atomic mass is 10.1. The van der Waals surface area contributed by atoms with Gasteiger partial charge in [0.15, 0.2) is 0 Å². The van der Waals surface area contributed by atoms with E-state index in [1.807, 2.05) is 0 Å². The van der Waals surface area contributed by atoms with Crippen molar-refractivity contribution in [3.8, 4) is 0 Å². The molecule has 3 atom stereocenters. The molecule has 0 radical (unpaired) electrons. The molecule has 0 saturated heterocycles. The van der Waals surface area contributed by atoms with Crippen molar-refractivity contribution in [1.29, 1.82) is 0 Å². The van der Waals surface area contributed by atoms with E-state index in [1.165, 1.54) is 12.8 Å². The van der Waals surface area contributed by atoms with Gasteiger partial charge in [0.05, 0.1) is 33.0 Å². The van der Waals surface area contributed by atoms with Gasteiger partial charge >= 0.3 is 5.97 Å². The van der Waals surface area contributed by atoms with Crippen LogP contribution in [0.25, 0.3) is 0 Å². The number of carbonyl (C=O) groups is 1. The first kappa shape index (κ1) is 27.4. The van der Waals surface area contributed by atoms with Gasteiger partial charge in [-0.2, -0.15) is 0 Å². The number of hydrogen-bond acceptors (Lipinski definition) is 9. The highest BCUT2D eigenvalue weighted by Crippen LogP contribution is 2.05. The third-order valence-electron chi connectivity index (χ3n) is 3.17. The molecule has 0 aliphatic heterocycles. The lowest BCUT2D eigenvalue weighted by Crippen LogP contribution is -2.25. The smallest absolute Gasteiger partial charge is 0.305 e. The number of hydrogen-bond donors (Lipinski definition) is 6. The van der Waals surface area contributed by atoms with E-state index in [9.17, 15) is 4.79 Å². The van der Waals surface area contributed by atoms with Crippen LogP contribution in [0.15, 0.2) is 0 Å². The van der Waals surface area contributed by atoms with Crippen LogP contribution in [-0.4, -0.2) is 94.6 Å². The van der Waals surface area contributed by atoms with Crippen LogP contribution < -0.4 is 0 Å². The zero-order chi connectivity index (χ0) is 20.2. The van der Waals surface area contributed by atoms with E-state index >= 15 is 0 Å². The van der Waals surface area contributed by atoms with Crippen molar-refractivity contribution in [2.75, 3.05) is 39.6 Å². The van der Waals surface area contributed by atoms with Gasteiger partial charge in [0.2, 0.25) is 0 Å². The van der Waals surface area contributed by atoms with Crippen LogP contribution >= 0.6 is 0 Å². The summed E-state index contributed by atoms with van der Waals surface area (Å²) in [6.45, 7) is 0.865. The van der Waals surface area contributed by atoms with Crippen molar-refractivity contribution in [2.45, 2.75) is 63.8 Å². The zero-order valence-electron chi connectivity index (χ0n) is 15.6. The molecule has 0 heterocycles. The van der Waals surface area contributed by atoms with Gasteiger partial charge in [-0.1, -0.05) is 32.6 Å². The molecular formula is C17H36O9. The summed E-state index contributed by atoms with van der Waals surface area (Å²) >= 11 is 0. The standard InChI is InChI=1S/C11H22O4.C6H14O5/c1-2-3-4-5-6-7-11(14)15-9-10(13)8-12;7-1-5(9)3-11-4-6(10)2-8/h10,12-13H,2-9H2,1H3;5-10H,1-4H2. The van der Waals surface area contributed by atoms with Gasteiger partial charge in [0, 0.05) is 6.42 Å². The number of carbonyl (C=O) groups excluding carboxylic acids is 1. The largest absolute Gasteiger partial charge is 0.463 e. The Bertz CT molecular complexity index is 292. The molecule has 158 valence electrons. The summed E-state index contributed by atoms with van der Waals surface area (Å²) in [6, 6.07) is 0. The lowest BCUT2D eigenvalue weighted by molar-refractivity contribution is -0.147. The molecule has 3 unspecified atom stereocenters. The molecule has 9 heteroatoms. The first-order valence-corrected chi connectivity index (χ1v) is 9.01. The SMILES string of the molecule is CCCCCCCC(=O)OCC(O)CO.OCC(O)COCC(O)CO. The van der Waals surface area contributed by atoms with Crippen LogP contribution in [-0.2, 0) is 14.3 Å². The molecule has 26 heavy (non-hydrogen) atoms. The van der Waals surface area contributed by atoms with Gasteiger partial charge in [-0.3, -0.25) is 4.79 Å². The lowest BCUT2D eigenvalue weighted by Gasteiger charge is -2.10. The zero-order valence-corrected chi connectivity index (χ0v) is 15.6. The van der Waals surface area contributed by atoms with E-state index in [2.05, 4.69) is 6.92 Å². The number of unbranched alkanes of at least 4 members (excludes halogenated alkanes) is 4. The Balaban J connectivity index is 0. The third kappa shape index (κ3) is 21.2. The van der Waals surface area contributed by atoms with E-state index in [-0.39, 0.29) is 45.6 Å². The molecule has 0 fully saturated rings. The van der Waals surface area contributed by atoms with Gasteiger partial charge in [0.1, 0.15) is 24.9 Å². The minimum Gasteiger partial charge on any atom is -0.463 e. The monoisotopic (exact) mass is 384 g/mol. The van der Waals surface area contributed by atoms with E-state index in [4.69, 9.17) is 40.1 Å². The predicted molar refractivity (Wildman–Crippen MR) is 94.4 cm³/mol. The number of rotatable bonds is 15. The highest BCUT2D eigenvalue weighted by Gasteiger charge is 2.07. The maximum atomic E-state index is 11.1. The molecule has 0 aromatic rings. The molecule has 0 aromatic heterocycles. The van der Waals surface area contributed by atoms with Gasteiger partial charge in [-0.25, -0.2) is 0 Å². The first-order chi connectivity index (χ1) is 12.4. The van der Waals surface area contributed by atoms with Crippen LogP contribution in [0.2, 0.25) is 0 Å². The van der Waals surface area contributed by atoms with Crippen LogP contribution in [0, 0.1) is 0 Å². The Labute approximate surface area is 155 Å². The van der Waals surface area contributed by atoms with Crippen LogP contribution in [0.3, 0.4) is 0 Å². The van der Waals surface area contributed by atoms with Crippen LogP contribution in [0.1, 0.15) is 45.4 Å². The van der Waals surface area contributed by atoms with Crippen LogP contribution in [0.5, 0.6) is 0 Å². The average Bonchev–Trinajstić information content (AvgIpc) is 2.65. The topological polar surface area (TPSA) is 157 Å². The molecule has 0 aromatic carbocycles. The third-order valence-corrected chi connectivity index (χ3v) is 3.17. The summed E-state index contributed by atoms with van der Waals surface area (Å²) < 4.78 is 9.47. The summed E-state index contributed by atoms with van der Waals surface area (Å²) in [6.07, 6.45) is 3.06. The average molecular weight is 384 g/mol. The maximum absolute atomic E-state index is 11.1. The van der Waals surface area contributed by atoms with Crippen LogP contribution in [0.4, 0.5) is 0 Å². The summed E-state index contributed by atoms with van der Waals surface area (Å²) in [5.74, 6) is -0.293. The minimum absolute atomic E-state index is 0.0342. The number of ether oxygens (including phenoxy) is 2. The fourth-order valence-corrected chi connectivity index (χ4v) is 1.63. The number of aliphatic hydroxyl groups is 6. The molecular weight excluding hydrogens is 348 g/mol. The highest BCUT2D eigenvalue weighted by atomic mass is 16.5. The normalized spacial score (nSPS) is 14.1. The highest BCUT2D eigenvalue weighted by molar-refractivity contribution is 5.69. The summed E-state index contributed by atoms with van der Waals surface area (Å²) in [5.41, 5.74) is 0. The summed E-state index contributed by atoms with van der Waals surface area (Å²) in [5, 5.41) is 51.5. The predicted octanol–water partition coefficient (Wildman–Crippen LogP) is -1.05. The first-order valence-electron chi connectivity index (χ1n) is 9.01. The summed E-state index contributed by atoms with van der Waals surface area (Å²) in [7, 11) is 0. The minimum atomic E-state index is -0.950. The molecule has 0 amide bonds. The molecule has 9 nitrogen and oxygen atoms in total. The van der Waals surface area contributed by atoms with Gasteiger partial charge in [-0.05, 0) is 6.42 Å². The second-order valence-corrected chi connectivity index (χ2v) is 5.89. The van der Waals surface area contributed by atoms with E-state index in [0.29, 0.717) is 6.42 Å². The quantitative estimate of drug-likeness (QED) is 0.153. The molecule has 0 rings (SSSR count). The molecule has 0 spiro atoms. The van der Waals surface area contributed by atoms with Crippen molar-refractivity contribution < 1.29 is 44.9 Å². The van der Waals surface area contributed by atoms with E-state index in [1.54, 1.807) is 0 Å². The second kappa shape index (κ2) is 20.5. The maximum Gasteiger partial charge on any atom is 0.305 e. The molecule has 0 bridgehead atoms. The van der Waals surface area contributed by atoms with Gasteiger partial charge < -0.3 is 40.1 Å². The van der Waals surface area contributed by atoms with Gasteiger partial charge in [0.25, 0.3) is 0 Å². The molecule has 6 N–H and O–H groups in total.